The van der Waals surface area contributed by atoms with Gasteiger partial charge in [0.15, 0.2) is 0 Å². The zero-order valence-corrected chi connectivity index (χ0v) is 19.2. The number of nitrogens with zero attached hydrogens (tertiary/aromatic N) is 2. The number of thiophene rings is 1. The largest absolute Gasteiger partial charge is 0.347 e. The number of hydrogen-bond acceptors (Lipinski definition) is 3. The van der Waals surface area contributed by atoms with E-state index in [0.717, 1.165) is 43.1 Å². The molecule has 1 aromatic carbocycles. The minimum absolute atomic E-state index is 0.102. The molecule has 0 spiro atoms. The maximum Gasteiger partial charge on any atom is 0.262 e. The molecule has 0 unspecified atom stereocenters. The number of nitrogens with one attached hydrogen (secondary N) is 1. The second-order valence-corrected chi connectivity index (χ2v) is 8.81. The van der Waals surface area contributed by atoms with Crippen LogP contribution in [0, 0.1) is 39.0 Å². The van der Waals surface area contributed by atoms with Crippen molar-refractivity contribution in [2.75, 3.05) is 0 Å². The maximum absolute atomic E-state index is 12.5. The average Bonchev–Trinajstić information content (AvgIpc) is 3.29. The molecule has 0 atom stereocenters. The fourth-order valence-electron chi connectivity index (χ4n) is 3.36. The summed E-state index contributed by atoms with van der Waals surface area (Å²) in [6.45, 7) is 8.60. The van der Waals surface area contributed by atoms with Gasteiger partial charge in [-0.3, -0.25) is 4.79 Å². The molecule has 148 valence electrons. The Morgan fingerprint density at radius 2 is 1.93 bits per heavy atom. The summed E-state index contributed by atoms with van der Waals surface area (Å²) < 4.78 is 3.26. The molecule has 0 bridgehead atoms. The number of carbonyl (C=O) groups is 1. The average molecular weight is 468 g/mol. The van der Waals surface area contributed by atoms with Crippen molar-refractivity contribution in [2.45, 2.75) is 34.2 Å². The van der Waals surface area contributed by atoms with Crippen molar-refractivity contribution in [3.63, 3.8) is 0 Å². The second kappa shape index (κ2) is 8.81. The minimum Gasteiger partial charge on any atom is -0.347 e. The summed E-state index contributed by atoms with van der Waals surface area (Å²) in [6.07, 6.45) is 1.67. The lowest BCUT2D eigenvalue weighted by Gasteiger charge is -2.13. The Balaban J connectivity index is 1.92. The third kappa shape index (κ3) is 4.52. The van der Waals surface area contributed by atoms with Crippen LogP contribution in [0.25, 0.3) is 11.8 Å². The fourth-order valence-corrected chi connectivity index (χ4v) is 4.24. The topological polar surface area (TPSA) is 57.8 Å². The molecule has 0 saturated heterocycles. The van der Waals surface area contributed by atoms with E-state index in [9.17, 15) is 10.1 Å². The standard InChI is InChI=1S/C23H22BrN3OS/c1-14-8-20(9-15(2)22(14)24)27-16(3)10-18(17(27)4)11-19(12-25)23(28)26-13-21-6-5-7-29-21/h5-11H,13H2,1-4H3,(H,26,28)/b19-11+. The van der Waals surface area contributed by atoms with Crippen LogP contribution in [0.1, 0.15) is 33.0 Å². The molecule has 0 saturated carbocycles. The monoisotopic (exact) mass is 467 g/mol. The Kier molecular flexibility index (Phi) is 6.41. The molecule has 2 aromatic heterocycles. The molecule has 6 heteroatoms. The highest BCUT2D eigenvalue weighted by Crippen LogP contribution is 2.28. The molecular weight excluding hydrogens is 446 g/mol. The van der Waals surface area contributed by atoms with Crippen LogP contribution in [0.15, 0.2) is 45.8 Å². The van der Waals surface area contributed by atoms with Gasteiger partial charge < -0.3 is 9.88 Å². The Morgan fingerprint density at radius 3 is 2.52 bits per heavy atom. The Bertz CT molecular complexity index is 1110. The van der Waals surface area contributed by atoms with Crippen molar-refractivity contribution in [3.8, 4) is 11.8 Å². The van der Waals surface area contributed by atoms with E-state index in [0.29, 0.717) is 6.54 Å². The lowest BCUT2D eigenvalue weighted by molar-refractivity contribution is -0.117. The molecule has 2 heterocycles. The van der Waals surface area contributed by atoms with Crippen LogP contribution in [0.5, 0.6) is 0 Å². The summed E-state index contributed by atoms with van der Waals surface area (Å²) in [5, 5.41) is 14.3. The molecule has 4 nitrogen and oxygen atoms in total. The Morgan fingerprint density at radius 1 is 1.24 bits per heavy atom. The zero-order chi connectivity index (χ0) is 21.1. The number of halogens is 1. The normalized spacial score (nSPS) is 11.4. The van der Waals surface area contributed by atoms with Gasteiger partial charge in [-0.15, -0.1) is 11.3 Å². The van der Waals surface area contributed by atoms with Gasteiger partial charge in [0, 0.05) is 26.4 Å². The van der Waals surface area contributed by atoms with Crippen molar-refractivity contribution < 1.29 is 4.79 Å². The first kappa shape index (κ1) is 21.1. The fraction of sp³-hybridized carbons (Fsp3) is 0.217. The van der Waals surface area contributed by atoms with E-state index < -0.39 is 0 Å². The second-order valence-electron chi connectivity index (χ2n) is 6.99. The lowest BCUT2D eigenvalue weighted by atomic mass is 10.1. The van der Waals surface area contributed by atoms with Gasteiger partial charge in [-0.05, 0) is 80.1 Å². The van der Waals surface area contributed by atoms with Crippen LogP contribution in [0.4, 0.5) is 0 Å². The maximum atomic E-state index is 12.5. The number of nitriles is 1. The predicted molar refractivity (Wildman–Crippen MR) is 122 cm³/mol. The number of amides is 1. The molecule has 0 aliphatic heterocycles. The van der Waals surface area contributed by atoms with Crippen LogP contribution in [0.3, 0.4) is 0 Å². The van der Waals surface area contributed by atoms with Crippen molar-refractivity contribution in [3.05, 3.63) is 78.7 Å². The molecule has 3 aromatic rings. The van der Waals surface area contributed by atoms with Gasteiger partial charge in [-0.2, -0.15) is 5.26 Å². The van der Waals surface area contributed by atoms with Crippen LogP contribution in [-0.2, 0) is 11.3 Å². The summed E-state index contributed by atoms with van der Waals surface area (Å²) in [4.78, 5) is 13.5. The lowest BCUT2D eigenvalue weighted by Crippen LogP contribution is -2.23. The Labute approximate surface area is 183 Å². The van der Waals surface area contributed by atoms with Crippen LogP contribution in [-0.4, -0.2) is 10.5 Å². The molecular formula is C23H22BrN3OS. The van der Waals surface area contributed by atoms with E-state index in [2.05, 4.69) is 51.8 Å². The van der Waals surface area contributed by atoms with Gasteiger partial charge in [-0.1, -0.05) is 22.0 Å². The van der Waals surface area contributed by atoms with E-state index in [-0.39, 0.29) is 11.5 Å². The third-order valence-electron chi connectivity index (χ3n) is 4.82. The Hall–Kier alpha value is -2.62. The zero-order valence-electron chi connectivity index (χ0n) is 16.8. The quantitative estimate of drug-likeness (QED) is 0.383. The number of carbonyl (C=O) groups excluding carboxylic acids is 1. The first-order valence-corrected chi connectivity index (χ1v) is 10.9. The SMILES string of the molecule is Cc1cc(-n2c(C)cc(/C=C(\C#N)C(=O)NCc3cccs3)c2C)cc(C)c1Br. The first-order valence-electron chi connectivity index (χ1n) is 9.20. The van der Waals surface area contributed by atoms with Gasteiger partial charge in [0.1, 0.15) is 11.6 Å². The first-order chi connectivity index (χ1) is 13.8. The summed E-state index contributed by atoms with van der Waals surface area (Å²) in [7, 11) is 0. The van der Waals surface area contributed by atoms with E-state index in [1.165, 1.54) is 0 Å². The van der Waals surface area contributed by atoms with E-state index >= 15 is 0 Å². The van der Waals surface area contributed by atoms with Crippen LogP contribution >= 0.6 is 27.3 Å². The van der Waals surface area contributed by atoms with Crippen molar-refractivity contribution in [1.29, 1.82) is 5.26 Å². The predicted octanol–water partition coefficient (Wildman–Crippen LogP) is 5.76. The highest BCUT2D eigenvalue weighted by molar-refractivity contribution is 9.10. The van der Waals surface area contributed by atoms with Crippen LogP contribution < -0.4 is 5.32 Å². The number of rotatable bonds is 5. The molecule has 0 aliphatic rings. The van der Waals surface area contributed by atoms with Crippen molar-refractivity contribution in [1.82, 2.24) is 9.88 Å². The number of aryl methyl sites for hydroxylation is 3. The van der Waals surface area contributed by atoms with E-state index in [1.54, 1.807) is 17.4 Å². The highest BCUT2D eigenvalue weighted by Gasteiger charge is 2.15. The molecule has 0 fully saturated rings. The van der Waals surface area contributed by atoms with Gasteiger partial charge in [0.05, 0.1) is 6.54 Å². The van der Waals surface area contributed by atoms with Crippen molar-refractivity contribution >= 4 is 39.2 Å². The molecule has 1 amide bonds. The number of benzene rings is 1. The third-order valence-corrected chi connectivity index (χ3v) is 6.95. The number of aromatic nitrogens is 1. The van der Waals surface area contributed by atoms with Crippen molar-refractivity contribution in [2.24, 2.45) is 0 Å². The van der Waals surface area contributed by atoms with E-state index in [1.807, 2.05) is 43.5 Å². The minimum atomic E-state index is -0.360. The molecule has 1 N–H and O–H groups in total. The van der Waals surface area contributed by atoms with E-state index in [4.69, 9.17) is 0 Å². The van der Waals surface area contributed by atoms with Crippen LogP contribution in [0.2, 0.25) is 0 Å². The van der Waals surface area contributed by atoms with Gasteiger partial charge in [0.2, 0.25) is 0 Å². The highest BCUT2D eigenvalue weighted by atomic mass is 79.9. The molecule has 0 radical (unpaired) electrons. The van der Waals surface area contributed by atoms with Gasteiger partial charge >= 0.3 is 0 Å². The van der Waals surface area contributed by atoms with Gasteiger partial charge in [0.25, 0.3) is 5.91 Å². The smallest absolute Gasteiger partial charge is 0.262 e. The molecule has 3 rings (SSSR count). The summed E-state index contributed by atoms with van der Waals surface area (Å²) in [5.41, 5.74) is 6.39. The summed E-state index contributed by atoms with van der Waals surface area (Å²) >= 11 is 5.19. The number of hydrogen-bond donors (Lipinski definition) is 1. The summed E-state index contributed by atoms with van der Waals surface area (Å²) in [6, 6.07) is 12.2. The summed E-state index contributed by atoms with van der Waals surface area (Å²) in [5.74, 6) is -0.360. The van der Waals surface area contributed by atoms with Gasteiger partial charge in [-0.25, -0.2) is 0 Å². The molecule has 0 aliphatic carbocycles. The molecule has 29 heavy (non-hydrogen) atoms.